The summed E-state index contributed by atoms with van der Waals surface area (Å²) in [6, 6.07) is 0. The van der Waals surface area contributed by atoms with E-state index < -0.39 is 0 Å². The Balaban J connectivity index is 1.98. The van der Waals surface area contributed by atoms with E-state index in [0.717, 1.165) is 29.8 Å². The number of nitrogens with zero attached hydrogens (tertiary/aromatic N) is 2. The summed E-state index contributed by atoms with van der Waals surface area (Å²) < 4.78 is 0. The molecule has 0 radical (unpaired) electrons. The quantitative estimate of drug-likeness (QED) is 0.834. The van der Waals surface area contributed by atoms with E-state index in [2.05, 4.69) is 26.1 Å². The van der Waals surface area contributed by atoms with Gasteiger partial charge in [-0.05, 0) is 58.2 Å². The van der Waals surface area contributed by atoms with Crippen molar-refractivity contribution in [2.24, 2.45) is 5.92 Å². The van der Waals surface area contributed by atoms with Crippen molar-refractivity contribution in [1.29, 1.82) is 0 Å². The number of rotatable bonds is 7. The molecule has 1 saturated carbocycles. The van der Waals surface area contributed by atoms with Crippen molar-refractivity contribution in [3.05, 3.63) is 22.8 Å². The fourth-order valence-corrected chi connectivity index (χ4v) is 4.37. The van der Waals surface area contributed by atoms with Gasteiger partial charge in [-0.3, -0.25) is 0 Å². The molecule has 1 aliphatic carbocycles. The van der Waals surface area contributed by atoms with E-state index in [1.165, 1.54) is 42.6 Å². The highest BCUT2D eigenvalue weighted by Gasteiger charge is 2.17. The summed E-state index contributed by atoms with van der Waals surface area (Å²) in [7, 11) is 2.01. The highest BCUT2D eigenvalue weighted by atomic mass is 32.2. The molecule has 0 bridgehead atoms. The van der Waals surface area contributed by atoms with E-state index in [4.69, 9.17) is 9.97 Å². The Morgan fingerprint density at radius 2 is 1.81 bits per heavy atom. The fourth-order valence-electron chi connectivity index (χ4n) is 3.19. The summed E-state index contributed by atoms with van der Waals surface area (Å²) in [6.07, 6.45) is 6.62. The molecule has 1 aliphatic rings. The Bertz CT molecular complexity index is 432. The van der Waals surface area contributed by atoms with E-state index in [1.54, 1.807) is 0 Å². The van der Waals surface area contributed by atoms with Crippen molar-refractivity contribution in [3.8, 4) is 0 Å². The average Bonchev–Trinajstić information content (AvgIpc) is 2.94. The van der Waals surface area contributed by atoms with Gasteiger partial charge in [-0.1, -0.05) is 19.8 Å². The average molecular weight is 308 g/mol. The first-order valence-corrected chi connectivity index (χ1v) is 9.24. The van der Waals surface area contributed by atoms with E-state index in [1.807, 2.05) is 18.8 Å². The molecule has 1 aromatic heterocycles. The van der Waals surface area contributed by atoms with Crippen LogP contribution in [0.5, 0.6) is 0 Å². The molecule has 0 aromatic carbocycles. The molecule has 118 valence electrons. The minimum Gasteiger partial charge on any atom is -0.319 e. The van der Waals surface area contributed by atoms with Crippen LogP contribution in [0.2, 0.25) is 0 Å². The van der Waals surface area contributed by atoms with Gasteiger partial charge in [0.2, 0.25) is 0 Å². The van der Waals surface area contributed by atoms with Crippen LogP contribution >= 0.6 is 11.8 Å². The van der Waals surface area contributed by atoms with E-state index >= 15 is 0 Å². The lowest BCUT2D eigenvalue weighted by Gasteiger charge is -2.16. The van der Waals surface area contributed by atoms with Gasteiger partial charge in [-0.2, -0.15) is 11.8 Å². The SMILES string of the molecule is CNCC(C)Cc1c(C)nc(CSC2CCCC2)nc1C. The number of nitrogens with one attached hydrogen (secondary N) is 1. The molecule has 4 heteroatoms. The molecule has 1 atom stereocenters. The summed E-state index contributed by atoms with van der Waals surface area (Å²) in [6.45, 7) is 7.59. The van der Waals surface area contributed by atoms with Crippen LogP contribution in [0.3, 0.4) is 0 Å². The molecular formula is C17H29N3S. The van der Waals surface area contributed by atoms with Crippen LogP contribution in [0.15, 0.2) is 0 Å². The van der Waals surface area contributed by atoms with Crippen molar-refractivity contribution in [3.63, 3.8) is 0 Å². The van der Waals surface area contributed by atoms with Crippen molar-refractivity contribution < 1.29 is 0 Å². The molecule has 3 nitrogen and oxygen atoms in total. The second-order valence-electron chi connectivity index (χ2n) is 6.37. The topological polar surface area (TPSA) is 37.8 Å². The van der Waals surface area contributed by atoms with Crippen LogP contribution in [-0.4, -0.2) is 28.8 Å². The Morgan fingerprint density at radius 1 is 1.19 bits per heavy atom. The zero-order valence-corrected chi connectivity index (χ0v) is 14.7. The van der Waals surface area contributed by atoms with Gasteiger partial charge in [-0.15, -0.1) is 0 Å². The molecule has 1 fully saturated rings. The Kier molecular flexibility index (Phi) is 6.49. The van der Waals surface area contributed by atoms with Crippen LogP contribution in [0.1, 0.15) is 55.4 Å². The summed E-state index contributed by atoms with van der Waals surface area (Å²) in [5, 5.41) is 4.08. The molecule has 2 rings (SSSR count). The third kappa shape index (κ3) is 4.96. The molecule has 0 aliphatic heterocycles. The summed E-state index contributed by atoms with van der Waals surface area (Å²) in [4.78, 5) is 9.51. The zero-order chi connectivity index (χ0) is 15.2. The van der Waals surface area contributed by atoms with Gasteiger partial charge in [0.25, 0.3) is 0 Å². The zero-order valence-electron chi connectivity index (χ0n) is 13.9. The Hall–Kier alpha value is -0.610. The number of aromatic nitrogens is 2. The van der Waals surface area contributed by atoms with Gasteiger partial charge in [0.15, 0.2) is 0 Å². The summed E-state index contributed by atoms with van der Waals surface area (Å²) >= 11 is 2.05. The van der Waals surface area contributed by atoms with Crippen LogP contribution < -0.4 is 5.32 Å². The minimum atomic E-state index is 0.620. The molecule has 1 heterocycles. The van der Waals surface area contributed by atoms with Crippen molar-refractivity contribution >= 4 is 11.8 Å². The first kappa shape index (κ1) is 16.8. The number of hydrogen-bond acceptors (Lipinski definition) is 4. The minimum absolute atomic E-state index is 0.620. The maximum absolute atomic E-state index is 4.76. The van der Waals surface area contributed by atoms with Crippen molar-refractivity contribution in [2.45, 2.75) is 63.9 Å². The molecule has 0 spiro atoms. The lowest BCUT2D eigenvalue weighted by atomic mass is 9.99. The van der Waals surface area contributed by atoms with E-state index in [9.17, 15) is 0 Å². The number of aryl methyl sites for hydroxylation is 2. The van der Waals surface area contributed by atoms with Crippen LogP contribution in [0.25, 0.3) is 0 Å². The Labute approximate surface area is 133 Å². The molecule has 0 amide bonds. The van der Waals surface area contributed by atoms with Gasteiger partial charge in [0.05, 0.1) is 5.75 Å². The predicted molar refractivity (Wildman–Crippen MR) is 91.9 cm³/mol. The van der Waals surface area contributed by atoms with Crippen molar-refractivity contribution in [2.75, 3.05) is 13.6 Å². The molecule has 1 aromatic rings. The largest absolute Gasteiger partial charge is 0.319 e. The smallest absolute Gasteiger partial charge is 0.138 e. The molecule has 0 saturated heterocycles. The summed E-state index contributed by atoms with van der Waals surface area (Å²) in [5.74, 6) is 2.61. The maximum Gasteiger partial charge on any atom is 0.138 e. The standard InChI is InChI=1S/C17H29N3S/c1-12(10-18-4)9-16-13(2)19-17(20-14(16)3)11-21-15-7-5-6-8-15/h12,15,18H,5-11H2,1-4H3. The monoisotopic (exact) mass is 307 g/mol. The van der Waals surface area contributed by atoms with Crippen molar-refractivity contribution in [1.82, 2.24) is 15.3 Å². The third-order valence-corrected chi connectivity index (χ3v) is 5.69. The van der Waals surface area contributed by atoms with E-state index in [0.29, 0.717) is 5.92 Å². The van der Waals surface area contributed by atoms with Crippen LogP contribution in [0, 0.1) is 19.8 Å². The van der Waals surface area contributed by atoms with Gasteiger partial charge in [0.1, 0.15) is 5.82 Å². The second-order valence-corrected chi connectivity index (χ2v) is 7.66. The maximum atomic E-state index is 4.76. The second kappa shape index (κ2) is 8.14. The lowest BCUT2D eigenvalue weighted by Crippen LogP contribution is -2.19. The summed E-state index contributed by atoms with van der Waals surface area (Å²) in [5.41, 5.74) is 3.69. The number of hydrogen-bond donors (Lipinski definition) is 1. The number of thioether (sulfide) groups is 1. The fraction of sp³-hybridized carbons (Fsp3) is 0.765. The highest BCUT2D eigenvalue weighted by Crippen LogP contribution is 2.31. The third-order valence-electron chi connectivity index (χ3n) is 4.32. The Morgan fingerprint density at radius 3 is 2.38 bits per heavy atom. The molecule has 1 N–H and O–H groups in total. The normalized spacial score (nSPS) is 17.3. The van der Waals surface area contributed by atoms with Gasteiger partial charge < -0.3 is 5.32 Å². The van der Waals surface area contributed by atoms with Crippen LogP contribution in [-0.2, 0) is 12.2 Å². The highest BCUT2D eigenvalue weighted by molar-refractivity contribution is 7.99. The first-order chi connectivity index (χ1) is 10.1. The van der Waals surface area contributed by atoms with E-state index in [-0.39, 0.29) is 0 Å². The van der Waals surface area contributed by atoms with Crippen LogP contribution in [0.4, 0.5) is 0 Å². The van der Waals surface area contributed by atoms with Gasteiger partial charge in [-0.25, -0.2) is 9.97 Å². The molecule has 21 heavy (non-hydrogen) atoms. The molecular weight excluding hydrogens is 278 g/mol. The lowest BCUT2D eigenvalue weighted by molar-refractivity contribution is 0.536. The van der Waals surface area contributed by atoms with Gasteiger partial charge in [0, 0.05) is 16.6 Å². The first-order valence-electron chi connectivity index (χ1n) is 8.19. The predicted octanol–water partition coefficient (Wildman–Crippen LogP) is 3.67. The van der Waals surface area contributed by atoms with Gasteiger partial charge >= 0.3 is 0 Å². The molecule has 1 unspecified atom stereocenters.